The van der Waals surface area contributed by atoms with Gasteiger partial charge in [0.05, 0.1) is 11.4 Å². The molecule has 1 heterocycles. The highest BCUT2D eigenvalue weighted by atomic mass is 32.2. The fourth-order valence-electron chi connectivity index (χ4n) is 0.840. The average molecular weight is 258 g/mol. The summed E-state index contributed by atoms with van der Waals surface area (Å²) in [5, 5.41) is 7.44. The Morgan fingerprint density at radius 3 is 2.75 bits per heavy atom. The van der Waals surface area contributed by atoms with E-state index in [1.807, 2.05) is 0 Å². The molecule has 3 N–H and O–H groups in total. The Hall–Kier alpha value is -1.36. The quantitative estimate of drug-likeness (QED) is 0.725. The number of rotatable bonds is 2. The lowest BCUT2D eigenvalue weighted by Gasteiger charge is -1.90. The van der Waals surface area contributed by atoms with Gasteiger partial charge in [0.25, 0.3) is 0 Å². The SMILES string of the molecule is CC(=O)NCC#Cc1ccc(S(N)(=O)=O)s1. The van der Waals surface area contributed by atoms with Crippen LogP contribution < -0.4 is 10.5 Å². The molecule has 1 rings (SSSR count). The molecule has 0 aliphatic rings. The van der Waals surface area contributed by atoms with Gasteiger partial charge in [0.1, 0.15) is 4.21 Å². The van der Waals surface area contributed by atoms with Crippen molar-refractivity contribution < 1.29 is 13.2 Å². The van der Waals surface area contributed by atoms with Gasteiger partial charge in [-0.1, -0.05) is 11.8 Å². The van der Waals surface area contributed by atoms with Gasteiger partial charge in [-0.05, 0) is 12.1 Å². The number of thiophene rings is 1. The van der Waals surface area contributed by atoms with Crippen molar-refractivity contribution >= 4 is 27.3 Å². The van der Waals surface area contributed by atoms with E-state index >= 15 is 0 Å². The van der Waals surface area contributed by atoms with Crippen molar-refractivity contribution in [1.82, 2.24) is 5.32 Å². The number of nitrogens with one attached hydrogen (secondary N) is 1. The molecule has 0 unspecified atom stereocenters. The first-order valence-corrected chi connectivity index (χ1v) is 6.62. The number of nitrogens with two attached hydrogens (primary N) is 1. The minimum Gasteiger partial charge on any atom is -0.345 e. The molecule has 0 radical (unpaired) electrons. The van der Waals surface area contributed by atoms with Crippen molar-refractivity contribution in [2.45, 2.75) is 11.1 Å². The molecule has 0 aliphatic heterocycles. The second kappa shape index (κ2) is 5.12. The minimum atomic E-state index is -3.65. The van der Waals surface area contributed by atoms with Crippen LogP contribution in [0.15, 0.2) is 16.3 Å². The summed E-state index contributed by atoms with van der Waals surface area (Å²) in [5.74, 6) is 5.26. The third-order valence-corrected chi connectivity index (χ3v) is 3.94. The van der Waals surface area contributed by atoms with Crippen molar-refractivity contribution in [3.8, 4) is 11.8 Å². The predicted octanol–water partition coefficient (Wildman–Crippen LogP) is -0.117. The number of carbonyl (C=O) groups excluding carboxylic acids is 1. The van der Waals surface area contributed by atoms with Crippen LogP contribution in [0.5, 0.6) is 0 Å². The van der Waals surface area contributed by atoms with Crippen LogP contribution in [-0.2, 0) is 14.8 Å². The normalized spacial score (nSPS) is 10.4. The third-order valence-electron chi connectivity index (χ3n) is 1.50. The van der Waals surface area contributed by atoms with E-state index in [9.17, 15) is 13.2 Å². The molecule has 1 aromatic rings. The van der Waals surface area contributed by atoms with Gasteiger partial charge in [-0.2, -0.15) is 0 Å². The molecule has 86 valence electrons. The lowest BCUT2D eigenvalue weighted by atomic mass is 10.4. The van der Waals surface area contributed by atoms with Crippen molar-refractivity contribution in [1.29, 1.82) is 0 Å². The topological polar surface area (TPSA) is 89.3 Å². The van der Waals surface area contributed by atoms with Crippen LogP contribution in [0.1, 0.15) is 11.8 Å². The van der Waals surface area contributed by atoms with Crippen molar-refractivity contribution in [2.24, 2.45) is 5.14 Å². The van der Waals surface area contributed by atoms with E-state index in [1.54, 1.807) is 6.07 Å². The Bertz CT molecular complexity index is 549. The standard InChI is InChI=1S/C9H10N2O3S2/c1-7(12)11-6-2-3-8-4-5-9(15-8)16(10,13)14/h4-5H,6H2,1H3,(H,11,12)(H2,10,13,14). The number of primary sulfonamides is 1. The molecule has 0 fully saturated rings. The Kier molecular flexibility index (Phi) is 4.06. The van der Waals surface area contributed by atoms with Crippen LogP contribution in [0.25, 0.3) is 0 Å². The van der Waals surface area contributed by atoms with Crippen LogP contribution in [0.2, 0.25) is 0 Å². The van der Waals surface area contributed by atoms with Gasteiger partial charge in [-0.15, -0.1) is 11.3 Å². The number of sulfonamides is 1. The van der Waals surface area contributed by atoms with Crippen molar-refractivity contribution in [3.05, 3.63) is 17.0 Å². The van der Waals surface area contributed by atoms with Crippen LogP contribution in [-0.4, -0.2) is 20.9 Å². The zero-order valence-electron chi connectivity index (χ0n) is 8.48. The number of hydrogen-bond acceptors (Lipinski definition) is 4. The summed E-state index contributed by atoms with van der Waals surface area (Å²) in [6.07, 6.45) is 0. The Balaban J connectivity index is 2.69. The summed E-state index contributed by atoms with van der Waals surface area (Å²) < 4.78 is 22.0. The zero-order valence-corrected chi connectivity index (χ0v) is 10.1. The van der Waals surface area contributed by atoms with E-state index in [0.29, 0.717) is 4.88 Å². The smallest absolute Gasteiger partial charge is 0.247 e. The highest BCUT2D eigenvalue weighted by Gasteiger charge is 2.09. The first-order chi connectivity index (χ1) is 7.39. The molecule has 7 heteroatoms. The molecule has 0 aliphatic carbocycles. The average Bonchev–Trinajstić information content (AvgIpc) is 2.59. The molecule has 0 spiro atoms. The van der Waals surface area contributed by atoms with Crippen LogP contribution in [0.3, 0.4) is 0 Å². The van der Waals surface area contributed by atoms with E-state index in [2.05, 4.69) is 17.2 Å². The van der Waals surface area contributed by atoms with E-state index in [1.165, 1.54) is 13.0 Å². The van der Waals surface area contributed by atoms with Crippen LogP contribution in [0, 0.1) is 11.8 Å². The highest BCUT2D eigenvalue weighted by molar-refractivity contribution is 7.91. The third kappa shape index (κ3) is 4.02. The molecular formula is C9H10N2O3S2. The maximum absolute atomic E-state index is 10.9. The van der Waals surface area contributed by atoms with Crippen LogP contribution in [0.4, 0.5) is 0 Å². The molecule has 5 nitrogen and oxygen atoms in total. The number of hydrogen-bond donors (Lipinski definition) is 2. The molecule has 0 aromatic carbocycles. The van der Waals surface area contributed by atoms with Gasteiger partial charge in [0.15, 0.2) is 0 Å². The highest BCUT2D eigenvalue weighted by Crippen LogP contribution is 2.18. The Morgan fingerprint density at radius 1 is 1.56 bits per heavy atom. The minimum absolute atomic E-state index is 0.0799. The Morgan fingerprint density at radius 2 is 2.25 bits per heavy atom. The van der Waals surface area contributed by atoms with Gasteiger partial charge in [-0.25, -0.2) is 13.6 Å². The van der Waals surface area contributed by atoms with E-state index < -0.39 is 10.0 Å². The van der Waals surface area contributed by atoms with Crippen LogP contribution >= 0.6 is 11.3 Å². The summed E-state index contributed by atoms with van der Waals surface area (Å²) in [4.78, 5) is 11.1. The Labute approximate surface area is 97.7 Å². The molecule has 0 saturated carbocycles. The van der Waals surface area contributed by atoms with Crippen molar-refractivity contribution in [3.63, 3.8) is 0 Å². The van der Waals surface area contributed by atoms with E-state index in [0.717, 1.165) is 11.3 Å². The molecule has 1 aromatic heterocycles. The van der Waals surface area contributed by atoms with E-state index in [-0.39, 0.29) is 16.7 Å². The number of carbonyl (C=O) groups is 1. The van der Waals surface area contributed by atoms with Gasteiger partial charge in [0.2, 0.25) is 15.9 Å². The van der Waals surface area contributed by atoms with Gasteiger partial charge >= 0.3 is 0 Å². The van der Waals surface area contributed by atoms with Gasteiger partial charge in [-0.3, -0.25) is 4.79 Å². The zero-order chi connectivity index (χ0) is 12.2. The van der Waals surface area contributed by atoms with E-state index in [4.69, 9.17) is 5.14 Å². The molecule has 0 atom stereocenters. The molecule has 16 heavy (non-hydrogen) atoms. The fraction of sp³-hybridized carbons (Fsp3) is 0.222. The largest absolute Gasteiger partial charge is 0.345 e. The second-order valence-corrected chi connectivity index (χ2v) is 5.75. The molecule has 0 bridgehead atoms. The first-order valence-electron chi connectivity index (χ1n) is 4.25. The van der Waals surface area contributed by atoms with Gasteiger partial charge in [0, 0.05) is 6.92 Å². The molecule has 0 saturated heterocycles. The predicted molar refractivity (Wildman–Crippen MR) is 61.3 cm³/mol. The first kappa shape index (κ1) is 12.7. The lowest BCUT2D eigenvalue weighted by molar-refractivity contribution is -0.118. The lowest BCUT2D eigenvalue weighted by Crippen LogP contribution is -2.19. The maximum atomic E-state index is 10.9. The van der Waals surface area contributed by atoms with Gasteiger partial charge < -0.3 is 5.32 Å². The monoisotopic (exact) mass is 258 g/mol. The summed E-state index contributed by atoms with van der Waals surface area (Å²) in [6, 6.07) is 2.98. The summed E-state index contributed by atoms with van der Waals surface area (Å²) in [5.41, 5.74) is 0. The number of amides is 1. The maximum Gasteiger partial charge on any atom is 0.247 e. The summed E-state index contributed by atoms with van der Waals surface area (Å²) in [6.45, 7) is 1.63. The van der Waals surface area contributed by atoms with Crippen molar-refractivity contribution in [2.75, 3.05) is 6.54 Å². The fourth-order valence-corrected chi connectivity index (χ4v) is 2.44. The second-order valence-electron chi connectivity index (χ2n) is 2.88. The summed E-state index contributed by atoms with van der Waals surface area (Å²) in [7, 11) is -3.65. The molecule has 1 amide bonds. The molecular weight excluding hydrogens is 248 g/mol. The summed E-state index contributed by atoms with van der Waals surface area (Å²) >= 11 is 0.999.